The first-order valence-corrected chi connectivity index (χ1v) is 65.1. The van der Waals surface area contributed by atoms with Gasteiger partial charge in [-0.1, -0.05) is 167 Å². The van der Waals surface area contributed by atoms with Gasteiger partial charge in [-0.05, 0) is 278 Å². The molecule has 5 aliphatic rings. The Morgan fingerprint density at radius 2 is 0.947 bits per heavy atom. The summed E-state index contributed by atoms with van der Waals surface area (Å²) in [6.45, 7) is 66.2. The van der Waals surface area contributed by atoms with E-state index in [2.05, 4.69) is 82.3 Å². The topological polar surface area (TPSA) is 371 Å². The van der Waals surface area contributed by atoms with Crippen LogP contribution < -0.4 is 71.5 Å². The largest absolute Gasteiger partial charge is 2.00 e. The molecule has 0 heterocycles. The number of aliphatic hydroxyl groups excluding tert-OH is 4. The second-order valence-corrected chi connectivity index (χ2v) is 62.6. The molecule has 0 aliphatic heterocycles. The summed E-state index contributed by atoms with van der Waals surface area (Å²) in [7, 11) is -3.32. The maximum absolute atomic E-state index is 13.9. The van der Waals surface area contributed by atoms with Gasteiger partial charge >= 0.3 is 167 Å². The summed E-state index contributed by atoms with van der Waals surface area (Å²) in [6.07, 6.45) is 30.5. The first-order chi connectivity index (χ1) is 67.9. The van der Waals surface area contributed by atoms with Crippen LogP contribution in [0.25, 0.3) is 14.5 Å². The summed E-state index contributed by atoms with van der Waals surface area (Å²) in [4.78, 5) is 53.4. The normalized spacial score (nSPS) is 13.8. The van der Waals surface area contributed by atoms with Gasteiger partial charge in [0.15, 0.2) is 34.4 Å². The second kappa shape index (κ2) is 84.5. The van der Waals surface area contributed by atoms with Crippen molar-refractivity contribution in [2.75, 3.05) is 17.3 Å². The number of hydrogen-bond acceptors (Lipinski definition) is 16. The van der Waals surface area contributed by atoms with Gasteiger partial charge in [-0.2, -0.15) is 33.1 Å². The van der Waals surface area contributed by atoms with Gasteiger partial charge in [0.25, 0.3) is 0 Å². The molecule has 150 heavy (non-hydrogen) atoms. The van der Waals surface area contributed by atoms with Crippen LogP contribution in [-0.2, 0) is 65.0 Å². The van der Waals surface area contributed by atoms with Crippen LogP contribution in [0.3, 0.4) is 0 Å². The number of aliphatic hydroxyl groups is 4. The Morgan fingerprint density at radius 3 is 1.27 bits per heavy atom. The average Bonchev–Trinajstić information content (AvgIpc) is 1.69. The summed E-state index contributed by atoms with van der Waals surface area (Å²) in [5, 5.41) is 55.3. The SMILES string of the molecule is Br.CC(C)(C)S(=O)N=C(CCC1CC1)c1ccc(C#N)cc1.CC(C)(C)S(=O)NC(CCC1CC1)(c1ccc(C#N)cc1)c1ccc(F)c(N)c1.CC(C)(C)[S@](N)=O.CC(C)O.CC(C)O.CC(C)O.CC(C)O.CCC[CH2][SnH]([CH2]CCC)[CH2]CCC.CN(c1c[c-]ccc1F)[Si](C)(C)C.O=CC1CC1.[C-]#[N+]c1ccc(C(=O)/C=C/C2CC2)cc1.[C-]#[N+]c1ccc(C(=O)CCC2CC2)cc1.[C-]#[N+]c1ccc(C(C)=O)cc1.[H-].[K+].[Mg+2].[OH-].[Ti]. The number of benzene rings is 7. The van der Waals surface area contributed by atoms with Crippen LogP contribution in [0.4, 0.5) is 37.2 Å². The number of carbonyl (C=O) groups excluding carboxylic acids is 4. The molecule has 5 aliphatic carbocycles. The van der Waals surface area contributed by atoms with E-state index in [0.717, 1.165) is 84.6 Å². The van der Waals surface area contributed by atoms with Crippen LogP contribution in [0.1, 0.15) is 347 Å². The molecule has 10 N–H and O–H groups in total. The third-order valence-corrected chi connectivity index (χ3v) is 39.1. The van der Waals surface area contributed by atoms with E-state index in [0.29, 0.717) is 75.6 Å². The number of Topliss-reactive ketones (excluding diaryl/α,β-unsaturated/α-hetero) is 2. The van der Waals surface area contributed by atoms with Gasteiger partial charge in [-0.15, -0.1) is 23.0 Å². The fourth-order valence-electron chi connectivity index (χ4n) is 12.2. The molecule has 12 rings (SSSR count). The Bertz CT molecular complexity index is 5250. The molecule has 22 nitrogen and oxygen atoms in total. The number of aldehydes is 1. The summed E-state index contributed by atoms with van der Waals surface area (Å²) in [5.41, 5.74) is 14.3. The minimum absolute atomic E-state index is 0. The number of allylic oxidation sites excluding steroid dienone is 2. The monoisotopic (exact) mass is 2380 g/mol. The molecule has 0 spiro atoms. The van der Waals surface area contributed by atoms with Crippen molar-refractivity contribution in [2.45, 2.75) is 364 Å². The number of nitrogens with zero attached hydrogens (tertiary/aromatic N) is 7. The summed E-state index contributed by atoms with van der Waals surface area (Å²) >= 11 is -0.967. The van der Waals surface area contributed by atoms with E-state index < -0.39 is 77.1 Å². The third kappa shape index (κ3) is 76.1. The van der Waals surface area contributed by atoms with Crippen LogP contribution in [0.2, 0.25) is 33.0 Å². The quantitative estimate of drug-likeness (QED) is 0.00392. The van der Waals surface area contributed by atoms with E-state index >= 15 is 0 Å². The minimum atomic E-state index is -1.46. The number of unbranched alkanes of at least 4 members (excludes halogenated alkanes) is 3. The number of nitrogens with two attached hydrogens (primary N) is 2. The maximum Gasteiger partial charge on any atom is 2.00 e. The molecule has 5 saturated carbocycles. The number of ketones is 3. The van der Waals surface area contributed by atoms with E-state index in [1.165, 1.54) is 109 Å². The third-order valence-electron chi connectivity index (χ3n) is 22.1. The minimum Gasteiger partial charge on any atom is -1.00 e. The van der Waals surface area contributed by atoms with Crippen LogP contribution >= 0.6 is 17.0 Å². The molecular weight excluding hydrogens is 2210 g/mol. The van der Waals surface area contributed by atoms with Gasteiger partial charge in [-0.3, -0.25) is 19.5 Å². The van der Waals surface area contributed by atoms with Gasteiger partial charge < -0.3 is 42.4 Å². The van der Waals surface area contributed by atoms with E-state index in [4.69, 9.17) is 56.3 Å². The van der Waals surface area contributed by atoms with E-state index in [-0.39, 0.29) is 183 Å². The van der Waals surface area contributed by atoms with Gasteiger partial charge in [0.2, 0.25) is 0 Å². The Hall–Kier alpha value is -5.68. The fraction of sp³-hybridized carbons (Fsp3) is 0.538. The predicted octanol–water partition coefficient (Wildman–Crippen LogP) is 25.4. The zero-order chi connectivity index (χ0) is 110. The van der Waals surface area contributed by atoms with Crippen molar-refractivity contribution in [3.63, 3.8) is 0 Å². The number of nitrogen functional groups attached to an aromatic ring is 1. The first kappa shape index (κ1) is 155. The molecular formula is C117H176BrF2KMgN10O12S3SiSnTi. The maximum atomic E-state index is 13.9. The molecule has 0 aromatic heterocycles. The molecule has 4 atom stereocenters. The number of carbonyl (C=O) groups is 4. The zero-order valence-corrected chi connectivity index (χ0v) is 109. The van der Waals surface area contributed by atoms with E-state index in [1.54, 1.807) is 196 Å². The van der Waals surface area contributed by atoms with Crippen molar-refractivity contribution in [2.24, 2.45) is 39.1 Å². The number of nitriles is 2. The molecule has 0 bridgehead atoms. The Balaban J connectivity index is -0.000000310. The second-order valence-electron chi connectivity index (χ2n) is 42.0. The summed E-state index contributed by atoms with van der Waals surface area (Å²) in [5.74, 6) is 2.98. The Kier molecular flexibility index (Phi) is 87.3. The van der Waals surface area contributed by atoms with Crippen LogP contribution in [0, 0.1) is 89.7 Å². The standard InChI is InChI=1S/C23H28FN3OS.C17H22N2OS.C13H13NO.C13H11NO.C10H15FNSi.C9H7NO.C4H11NOS.C4H6O.3C4H9.4C3H8O.BrH.K.Mg.H2O.Sn.Ti.2H/c1-22(2,3)29(28)27-23(13-12-16-4-5-16,18-8-6-17(15-25)7-9-18)19-10-11-20(24)21(26)14-19;1-17(2,3)21(20)19-16(11-8-13-4-5-13)15-9-6-14(12-18)7-10-15;2*1-14-12-7-5-11(6-8-12)13(15)9-4-10-2-3-10;1-12(13(2,3)4)10-8-6-5-7-9(10)11;1-7(11)8-3-5-9(10-2)6-4-8;1-4(2,3)7(5)6;5-3-4-1-2-4;3*1-3-4-2;4*1-3(2)4;;;;;;;;/h6-11,14,16,27H,4-5,12-13,26H2,1-3H3;6-7,9-10,13H,4-5,8,11H2,1-3H3;5-8,10H,2-4,9H2;4-10H,2-3H2;5,7-8H,1-4H3;3-6H,1H3;5H2,1-3H3;3-4H,1-2H2;3*1,3-4H2,2H3;4*3-4H,1-2H3;1H;;;1H2;;;;/q;;;;-1;;;;;;;;;;;;+1;+2;;;;;-1/p-1/b;;;9-4+;;;;;;;;;;;;;;;;;;;/t;;;;;;7-;;;;;;;;;;;;;;;;/m......1................/s1. The van der Waals surface area contributed by atoms with Crippen molar-refractivity contribution in [3.8, 4) is 12.1 Å². The van der Waals surface area contributed by atoms with E-state index in [9.17, 15) is 45.8 Å². The van der Waals surface area contributed by atoms with Crippen molar-refractivity contribution in [3.05, 3.63) is 266 Å². The molecule has 0 radical (unpaired) electrons. The zero-order valence-electron chi connectivity index (χ0n) is 95.7. The van der Waals surface area contributed by atoms with Crippen molar-refractivity contribution in [1.82, 2.24) is 4.72 Å². The molecule has 7 aromatic carbocycles. The molecule has 33 heteroatoms. The fourth-order valence-corrected chi connectivity index (χ4v) is 25.7. The smallest absolute Gasteiger partial charge is 1.00 e. The summed E-state index contributed by atoms with van der Waals surface area (Å²) < 4.78 is 77.0. The van der Waals surface area contributed by atoms with E-state index in [1.807, 2.05) is 104 Å². The molecule has 820 valence electrons. The molecule has 5 fully saturated rings. The number of anilines is 2. The van der Waals surface area contributed by atoms with Crippen molar-refractivity contribution in [1.29, 1.82) is 10.5 Å². The first-order valence-electron chi connectivity index (χ1n) is 51.1. The number of rotatable bonds is 32. The molecule has 7 aromatic rings. The number of halogens is 3. The van der Waals surface area contributed by atoms with Gasteiger partial charge in [0.05, 0.1) is 96.1 Å². The van der Waals surface area contributed by atoms with Crippen LogP contribution in [0.15, 0.2) is 174 Å². The Morgan fingerprint density at radius 1 is 0.580 bits per heavy atom. The summed E-state index contributed by atoms with van der Waals surface area (Å²) in [6, 6.07) is 51.6. The van der Waals surface area contributed by atoms with Gasteiger partial charge in [0, 0.05) is 81.0 Å². The van der Waals surface area contributed by atoms with Crippen molar-refractivity contribution < 1.29 is 141 Å². The predicted molar refractivity (Wildman–Crippen MR) is 627 cm³/mol. The van der Waals surface area contributed by atoms with Gasteiger partial charge in [-0.25, -0.2) is 40.7 Å². The molecule has 0 saturated heterocycles. The number of hydrogen-bond donors (Lipinski definition) is 7. The van der Waals surface area contributed by atoms with Crippen LogP contribution in [0.5, 0.6) is 0 Å². The van der Waals surface area contributed by atoms with Crippen LogP contribution in [-0.4, -0.2) is 165 Å². The molecule has 3 unspecified atom stereocenters. The Labute approximate surface area is 1000 Å². The van der Waals surface area contributed by atoms with Gasteiger partial charge in [0.1, 0.15) is 31.3 Å². The average molecular weight is 2390 g/mol. The number of nitrogens with one attached hydrogen (secondary N) is 1. The van der Waals surface area contributed by atoms with Crippen molar-refractivity contribution >= 4 is 159 Å². The molecule has 0 amide bonds.